The lowest BCUT2D eigenvalue weighted by atomic mass is 10.1. The van der Waals surface area contributed by atoms with E-state index in [1.54, 1.807) is 18.9 Å². The fraction of sp³-hybridized carbons (Fsp3) is 0.476. The Kier molecular flexibility index (Phi) is 7.16. The minimum absolute atomic E-state index is 0.0404. The van der Waals surface area contributed by atoms with Crippen LogP contribution in [0.2, 0.25) is 0 Å². The number of nitrogens with zero attached hydrogens (tertiary/aromatic N) is 2. The first-order valence-corrected chi connectivity index (χ1v) is 9.29. The van der Waals surface area contributed by atoms with Crippen molar-refractivity contribution in [2.24, 2.45) is 5.92 Å². The summed E-state index contributed by atoms with van der Waals surface area (Å²) in [4.78, 5) is 32.3. The number of H-pyrrole nitrogens is 1. The van der Waals surface area contributed by atoms with Crippen LogP contribution in [0.3, 0.4) is 0 Å². The van der Waals surface area contributed by atoms with E-state index in [9.17, 15) is 9.59 Å². The molecule has 6 heteroatoms. The molecule has 1 aromatic heterocycles. The Morgan fingerprint density at radius 1 is 1.26 bits per heavy atom. The lowest BCUT2D eigenvalue weighted by Crippen LogP contribution is -2.27. The summed E-state index contributed by atoms with van der Waals surface area (Å²) in [7, 11) is 1.80. The third kappa shape index (κ3) is 5.94. The van der Waals surface area contributed by atoms with Crippen LogP contribution in [0.5, 0.6) is 5.75 Å². The zero-order valence-corrected chi connectivity index (χ0v) is 16.8. The zero-order chi connectivity index (χ0) is 20.0. The van der Waals surface area contributed by atoms with E-state index in [1.807, 2.05) is 31.2 Å². The molecular formula is C21H29N3O3. The van der Waals surface area contributed by atoms with Crippen LogP contribution in [0.1, 0.15) is 42.8 Å². The second-order valence-electron chi connectivity index (χ2n) is 7.29. The van der Waals surface area contributed by atoms with Crippen LogP contribution in [-0.2, 0) is 17.8 Å². The third-order valence-corrected chi connectivity index (χ3v) is 4.42. The number of para-hydroxylation sites is 1. The number of aromatic nitrogens is 2. The first kappa shape index (κ1) is 20.7. The fourth-order valence-electron chi connectivity index (χ4n) is 2.92. The molecule has 2 rings (SSSR count). The Morgan fingerprint density at radius 3 is 2.63 bits per heavy atom. The number of aryl methyl sites for hydroxylation is 2. The van der Waals surface area contributed by atoms with Gasteiger partial charge in [-0.1, -0.05) is 32.0 Å². The fourth-order valence-corrected chi connectivity index (χ4v) is 2.92. The molecule has 0 saturated heterocycles. The lowest BCUT2D eigenvalue weighted by molar-refractivity contribution is -0.130. The SMILES string of the molecule is Cc1nc(=O)[nH]c(C)c1CCC(=O)N(C)Cc1ccccc1OCC(C)C. The molecular weight excluding hydrogens is 342 g/mol. The van der Waals surface area contributed by atoms with E-state index in [-0.39, 0.29) is 11.6 Å². The van der Waals surface area contributed by atoms with Gasteiger partial charge in [-0.2, -0.15) is 4.98 Å². The monoisotopic (exact) mass is 371 g/mol. The molecule has 0 atom stereocenters. The van der Waals surface area contributed by atoms with Gasteiger partial charge in [0.15, 0.2) is 0 Å². The number of aromatic amines is 1. The summed E-state index contributed by atoms with van der Waals surface area (Å²) in [5.74, 6) is 1.30. The molecule has 2 aromatic rings. The van der Waals surface area contributed by atoms with Gasteiger partial charge in [-0.05, 0) is 37.8 Å². The van der Waals surface area contributed by atoms with Crippen molar-refractivity contribution in [3.05, 3.63) is 57.3 Å². The van der Waals surface area contributed by atoms with Crippen LogP contribution in [0.4, 0.5) is 0 Å². The van der Waals surface area contributed by atoms with Gasteiger partial charge in [0.05, 0.1) is 6.61 Å². The normalized spacial score (nSPS) is 10.9. The third-order valence-electron chi connectivity index (χ3n) is 4.42. The molecule has 146 valence electrons. The molecule has 0 unspecified atom stereocenters. The minimum atomic E-state index is -0.352. The van der Waals surface area contributed by atoms with Gasteiger partial charge >= 0.3 is 5.69 Å². The Balaban J connectivity index is 1.99. The van der Waals surface area contributed by atoms with E-state index in [1.165, 1.54) is 0 Å². The average Bonchev–Trinajstić information content (AvgIpc) is 2.59. The van der Waals surface area contributed by atoms with Gasteiger partial charge in [-0.3, -0.25) is 4.79 Å². The van der Waals surface area contributed by atoms with Crippen molar-refractivity contribution in [1.82, 2.24) is 14.9 Å². The van der Waals surface area contributed by atoms with Crippen molar-refractivity contribution < 1.29 is 9.53 Å². The molecule has 0 bridgehead atoms. The summed E-state index contributed by atoms with van der Waals surface area (Å²) in [6.45, 7) is 8.99. The number of amides is 1. The average molecular weight is 371 g/mol. The van der Waals surface area contributed by atoms with Gasteiger partial charge in [-0.25, -0.2) is 4.79 Å². The predicted octanol–water partition coefficient (Wildman–Crippen LogP) is 3.01. The van der Waals surface area contributed by atoms with E-state index in [0.29, 0.717) is 37.6 Å². The van der Waals surface area contributed by atoms with Crippen LogP contribution in [0, 0.1) is 19.8 Å². The van der Waals surface area contributed by atoms with Crippen LogP contribution < -0.4 is 10.4 Å². The number of ether oxygens (including phenoxy) is 1. The van der Waals surface area contributed by atoms with Crippen molar-refractivity contribution in [1.29, 1.82) is 0 Å². The highest BCUT2D eigenvalue weighted by Gasteiger charge is 2.14. The summed E-state index contributed by atoms with van der Waals surface area (Å²) in [6.07, 6.45) is 0.914. The summed E-state index contributed by atoms with van der Waals surface area (Å²) >= 11 is 0. The van der Waals surface area contributed by atoms with E-state index >= 15 is 0 Å². The van der Waals surface area contributed by atoms with Gasteiger partial charge in [0, 0.05) is 37.0 Å². The summed E-state index contributed by atoms with van der Waals surface area (Å²) in [5, 5.41) is 0. The van der Waals surface area contributed by atoms with E-state index in [0.717, 1.165) is 22.6 Å². The smallest absolute Gasteiger partial charge is 0.345 e. The molecule has 0 saturated carbocycles. The van der Waals surface area contributed by atoms with Gasteiger partial charge in [0.25, 0.3) is 0 Å². The minimum Gasteiger partial charge on any atom is -0.493 e. The molecule has 0 spiro atoms. The molecule has 0 aliphatic carbocycles. The van der Waals surface area contributed by atoms with Crippen molar-refractivity contribution in [3.8, 4) is 5.75 Å². The Hall–Kier alpha value is -2.63. The van der Waals surface area contributed by atoms with Crippen molar-refractivity contribution in [2.45, 2.75) is 47.1 Å². The topological polar surface area (TPSA) is 75.3 Å². The molecule has 0 radical (unpaired) electrons. The molecule has 1 heterocycles. The van der Waals surface area contributed by atoms with Crippen molar-refractivity contribution in [2.75, 3.05) is 13.7 Å². The number of carbonyl (C=O) groups excluding carboxylic acids is 1. The molecule has 1 aromatic carbocycles. The summed E-state index contributed by atoms with van der Waals surface area (Å²) < 4.78 is 5.87. The van der Waals surface area contributed by atoms with Gasteiger partial charge in [0.1, 0.15) is 5.75 Å². The number of rotatable bonds is 8. The number of hydrogen-bond acceptors (Lipinski definition) is 4. The maximum atomic E-state index is 12.6. The molecule has 27 heavy (non-hydrogen) atoms. The summed E-state index contributed by atoms with van der Waals surface area (Å²) in [6, 6.07) is 7.82. The number of nitrogens with one attached hydrogen (secondary N) is 1. The van der Waals surface area contributed by atoms with E-state index < -0.39 is 0 Å². The standard InChI is InChI=1S/C21H29N3O3/c1-14(2)13-27-19-9-7-6-8-17(19)12-24(5)20(25)11-10-18-15(3)22-21(26)23-16(18)4/h6-9,14H,10-13H2,1-5H3,(H,22,23,26). The Bertz CT molecular complexity index is 817. The second kappa shape index (κ2) is 9.35. The first-order chi connectivity index (χ1) is 12.8. The highest BCUT2D eigenvalue weighted by Crippen LogP contribution is 2.21. The second-order valence-corrected chi connectivity index (χ2v) is 7.29. The highest BCUT2D eigenvalue weighted by atomic mass is 16.5. The number of carbonyl (C=O) groups is 1. The summed E-state index contributed by atoms with van der Waals surface area (Å²) in [5.41, 5.74) is 3.02. The molecule has 6 nitrogen and oxygen atoms in total. The van der Waals surface area contributed by atoms with Crippen LogP contribution >= 0.6 is 0 Å². The van der Waals surface area contributed by atoms with E-state index in [2.05, 4.69) is 23.8 Å². The van der Waals surface area contributed by atoms with Crippen molar-refractivity contribution >= 4 is 5.91 Å². The number of benzene rings is 1. The largest absolute Gasteiger partial charge is 0.493 e. The zero-order valence-electron chi connectivity index (χ0n) is 16.8. The molecule has 1 amide bonds. The quantitative estimate of drug-likeness (QED) is 0.774. The molecule has 0 aliphatic heterocycles. The van der Waals surface area contributed by atoms with Gasteiger partial charge in [0.2, 0.25) is 5.91 Å². The maximum Gasteiger partial charge on any atom is 0.345 e. The highest BCUT2D eigenvalue weighted by molar-refractivity contribution is 5.76. The molecule has 0 fully saturated rings. The lowest BCUT2D eigenvalue weighted by Gasteiger charge is -2.20. The van der Waals surface area contributed by atoms with E-state index in [4.69, 9.17) is 4.74 Å². The number of hydrogen-bond donors (Lipinski definition) is 1. The molecule has 0 aliphatic rings. The van der Waals surface area contributed by atoms with Crippen LogP contribution in [0.15, 0.2) is 29.1 Å². The Labute approximate surface area is 160 Å². The first-order valence-electron chi connectivity index (χ1n) is 9.29. The van der Waals surface area contributed by atoms with Crippen LogP contribution in [-0.4, -0.2) is 34.4 Å². The van der Waals surface area contributed by atoms with Crippen molar-refractivity contribution in [3.63, 3.8) is 0 Å². The van der Waals surface area contributed by atoms with Gasteiger partial charge in [-0.15, -0.1) is 0 Å². The predicted molar refractivity (Wildman–Crippen MR) is 106 cm³/mol. The Morgan fingerprint density at radius 2 is 1.96 bits per heavy atom. The maximum absolute atomic E-state index is 12.6. The van der Waals surface area contributed by atoms with Crippen LogP contribution in [0.25, 0.3) is 0 Å². The van der Waals surface area contributed by atoms with Gasteiger partial charge < -0.3 is 14.6 Å². The molecule has 1 N–H and O–H groups in total.